The van der Waals surface area contributed by atoms with Gasteiger partial charge in [0, 0.05) is 25.7 Å². The predicted octanol–water partition coefficient (Wildman–Crippen LogP) is 25.0. The molecule has 0 rings (SSSR count). The smallest absolute Gasteiger partial charge is 0.462 e. The largest absolute Gasteiger partial charge is 0.472 e. The maximum atomic E-state index is 13.1. The van der Waals surface area contributed by atoms with Crippen molar-refractivity contribution in [1.82, 2.24) is 0 Å². The molecule has 0 aliphatic carbocycles. The molecule has 0 saturated carbocycles. The van der Waals surface area contributed by atoms with Crippen LogP contribution in [0.15, 0.2) is 146 Å². The summed E-state index contributed by atoms with van der Waals surface area (Å²) >= 11 is 0. The van der Waals surface area contributed by atoms with Gasteiger partial charge in [-0.1, -0.05) is 315 Å². The van der Waals surface area contributed by atoms with E-state index in [4.69, 9.17) is 37.0 Å². The number of esters is 4. The highest BCUT2D eigenvalue weighted by atomic mass is 31.2. The van der Waals surface area contributed by atoms with Gasteiger partial charge in [0.15, 0.2) is 12.2 Å². The maximum absolute atomic E-state index is 13.1. The van der Waals surface area contributed by atoms with Crippen molar-refractivity contribution in [2.45, 2.75) is 354 Å². The summed E-state index contributed by atoms with van der Waals surface area (Å²) in [6, 6.07) is 0. The zero-order valence-electron chi connectivity index (χ0n) is 67.7. The van der Waals surface area contributed by atoms with Gasteiger partial charge >= 0.3 is 39.5 Å². The minimum absolute atomic E-state index is 0.0592. The molecule has 0 aromatic heterocycles. The van der Waals surface area contributed by atoms with Crippen LogP contribution in [0.3, 0.4) is 0 Å². The molecular formula is C89H150O17P2. The van der Waals surface area contributed by atoms with Crippen molar-refractivity contribution in [1.29, 1.82) is 0 Å². The maximum Gasteiger partial charge on any atom is 0.472 e. The van der Waals surface area contributed by atoms with Crippen LogP contribution < -0.4 is 0 Å². The topological polar surface area (TPSA) is 237 Å². The number of allylic oxidation sites excluding steroid dienone is 24. The molecule has 0 aromatic carbocycles. The molecule has 5 unspecified atom stereocenters. The molecule has 0 heterocycles. The van der Waals surface area contributed by atoms with Crippen LogP contribution in [0.1, 0.15) is 336 Å². The highest BCUT2D eigenvalue weighted by Crippen LogP contribution is 2.45. The van der Waals surface area contributed by atoms with Gasteiger partial charge in [0.1, 0.15) is 19.3 Å². The fraction of sp³-hybridized carbons (Fsp3) is 0.685. The molecule has 0 amide bonds. The van der Waals surface area contributed by atoms with Crippen molar-refractivity contribution >= 4 is 39.5 Å². The number of rotatable bonds is 78. The number of aliphatic hydroxyl groups is 1. The van der Waals surface area contributed by atoms with E-state index in [2.05, 4.69) is 161 Å². The number of hydrogen-bond donors (Lipinski definition) is 3. The lowest BCUT2D eigenvalue weighted by Crippen LogP contribution is -2.30. The SMILES string of the molecule is CC/C=C\C/C=C\C/C=C\C/C=C\C/C=C\CCCC(=O)OCC(COP(=O)(O)OCC(O)COP(=O)(O)OCC(COC(=O)CCCCCCCC/C=C\C/C=C\C/C=C\CCCCC)OC(=O)CCCCCC/C=C\C/C=C\C/C=C\C/C=C\CC)OC(=O)CCCCCCCCCCCCCCCCC. The van der Waals surface area contributed by atoms with E-state index in [-0.39, 0.29) is 25.7 Å². The highest BCUT2D eigenvalue weighted by Gasteiger charge is 2.30. The van der Waals surface area contributed by atoms with Gasteiger partial charge in [-0.3, -0.25) is 37.3 Å². The summed E-state index contributed by atoms with van der Waals surface area (Å²) < 4.78 is 68.7. The van der Waals surface area contributed by atoms with Crippen molar-refractivity contribution in [3.8, 4) is 0 Å². The van der Waals surface area contributed by atoms with Gasteiger partial charge in [-0.05, 0) is 141 Å². The van der Waals surface area contributed by atoms with E-state index in [1.54, 1.807) is 0 Å². The van der Waals surface area contributed by atoms with E-state index in [9.17, 15) is 43.2 Å². The van der Waals surface area contributed by atoms with Gasteiger partial charge < -0.3 is 33.8 Å². The Balaban J connectivity index is 5.45. The zero-order chi connectivity index (χ0) is 78.9. The summed E-state index contributed by atoms with van der Waals surface area (Å²) in [5.41, 5.74) is 0. The van der Waals surface area contributed by atoms with Crippen LogP contribution >= 0.6 is 15.6 Å². The fourth-order valence-electron chi connectivity index (χ4n) is 11.0. The first-order valence-corrected chi connectivity index (χ1v) is 45.1. The minimum atomic E-state index is -5.00. The first-order valence-electron chi connectivity index (χ1n) is 42.1. The second-order valence-electron chi connectivity index (χ2n) is 27.7. The summed E-state index contributed by atoms with van der Waals surface area (Å²) in [6.45, 7) is 4.55. The van der Waals surface area contributed by atoms with Gasteiger partial charge in [0.2, 0.25) is 0 Å². The Kier molecular flexibility index (Phi) is 76.3. The summed E-state index contributed by atoms with van der Waals surface area (Å²) in [6.07, 6.45) is 92.4. The molecular weight excluding hydrogens is 1400 g/mol. The molecule has 5 atom stereocenters. The molecule has 17 nitrogen and oxygen atoms in total. The minimum Gasteiger partial charge on any atom is -0.462 e. The van der Waals surface area contributed by atoms with E-state index in [0.717, 1.165) is 167 Å². The predicted molar refractivity (Wildman–Crippen MR) is 445 cm³/mol. The third kappa shape index (κ3) is 79.0. The fourth-order valence-corrected chi connectivity index (χ4v) is 12.5. The van der Waals surface area contributed by atoms with Gasteiger partial charge in [-0.25, -0.2) is 9.13 Å². The Bertz CT molecular complexity index is 2610. The number of aliphatic hydroxyl groups excluding tert-OH is 1. The second kappa shape index (κ2) is 80.0. The highest BCUT2D eigenvalue weighted by molar-refractivity contribution is 7.47. The Hall–Kier alpha value is -5.06. The Morgan fingerprint density at radius 2 is 0.491 bits per heavy atom. The Labute approximate surface area is 656 Å². The molecule has 3 N–H and O–H groups in total. The number of carbonyl (C=O) groups excluding carboxylic acids is 4. The first kappa shape index (κ1) is 103. The van der Waals surface area contributed by atoms with Crippen molar-refractivity contribution in [2.75, 3.05) is 39.6 Å². The molecule has 0 radical (unpaired) electrons. The van der Waals surface area contributed by atoms with E-state index >= 15 is 0 Å². The molecule has 0 fully saturated rings. The standard InChI is InChI=1S/C89H150O17P2/c1-5-9-13-17-21-25-29-33-37-40-41-44-47-50-54-58-62-66-70-74-87(92)100-80-85(106-89(94)76-72-68-64-60-56-52-48-43-39-35-31-27-23-19-15-11-7-3)82-104-108(97,98)102-78-83(90)77-101-107(95,96)103-81-84(105-88(93)75-71-67-63-59-55-51-45-36-32-28-24-20-16-12-8-4)79-99-86(91)73-69-65-61-57-53-49-46-42-38-34-30-26-22-18-14-10-6-2/h10-11,14-15,21-23,25-27,33-35,37-39,41,44,46,48-49,52,57,61,83-85,90H,5-9,12-13,16-20,24,28-32,36,40,42-43,45,47,50-51,53-56,58-60,62-82H2,1-4H3,(H,95,96)(H,97,98)/b14-10-,15-11-,25-21-,26-22-,27-23-,37-33-,38-34-,39-35-,44-41-,49-46-,52-48-,61-57-. The summed E-state index contributed by atoms with van der Waals surface area (Å²) in [4.78, 5) is 73.2. The van der Waals surface area contributed by atoms with E-state index in [1.807, 2.05) is 12.2 Å². The van der Waals surface area contributed by atoms with Gasteiger partial charge in [-0.2, -0.15) is 0 Å². The number of phosphoric ester groups is 2. The molecule has 0 aromatic rings. The quantitative estimate of drug-likeness (QED) is 0.0169. The van der Waals surface area contributed by atoms with Crippen molar-refractivity contribution < 1.29 is 80.2 Å². The lowest BCUT2D eigenvalue weighted by molar-refractivity contribution is -0.161. The molecule has 0 bridgehead atoms. The number of carbonyl (C=O) groups is 4. The Morgan fingerprint density at radius 3 is 0.796 bits per heavy atom. The van der Waals surface area contributed by atoms with Crippen molar-refractivity contribution in [3.05, 3.63) is 146 Å². The monoisotopic (exact) mass is 1550 g/mol. The lowest BCUT2D eigenvalue weighted by Gasteiger charge is -2.21. The third-order valence-electron chi connectivity index (χ3n) is 17.3. The van der Waals surface area contributed by atoms with Crippen molar-refractivity contribution in [3.63, 3.8) is 0 Å². The average Bonchev–Trinajstić information content (AvgIpc) is 0.906. The number of ether oxygens (including phenoxy) is 4. The van der Waals surface area contributed by atoms with Crippen molar-refractivity contribution in [2.24, 2.45) is 0 Å². The third-order valence-corrected chi connectivity index (χ3v) is 19.2. The zero-order valence-corrected chi connectivity index (χ0v) is 69.5. The van der Waals surface area contributed by atoms with E-state index in [1.165, 1.54) is 83.5 Å². The average molecular weight is 1550 g/mol. The lowest BCUT2D eigenvalue weighted by atomic mass is 10.0. The first-order chi connectivity index (χ1) is 52.7. The summed E-state index contributed by atoms with van der Waals surface area (Å²) in [7, 11) is -10.00. The number of hydrogen-bond acceptors (Lipinski definition) is 15. The van der Waals surface area contributed by atoms with Crippen LogP contribution in [0.4, 0.5) is 0 Å². The Morgan fingerprint density at radius 1 is 0.269 bits per heavy atom. The van der Waals surface area contributed by atoms with Crippen LogP contribution in [0, 0.1) is 0 Å². The summed E-state index contributed by atoms with van der Waals surface area (Å²) in [5.74, 6) is -2.28. The second-order valence-corrected chi connectivity index (χ2v) is 30.6. The molecule has 108 heavy (non-hydrogen) atoms. The number of unbranched alkanes of at least 4 members (excludes halogenated alkanes) is 28. The van der Waals surface area contributed by atoms with Gasteiger partial charge in [0.25, 0.3) is 0 Å². The molecule has 0 saturated heterocycles. The molecule has 0 aliphatic rings. The normalized spacial score (nSPS) is 14.5. The molecule has 618 valence electrons. The van der Waals surface area contributed by atoms with E-state index < -0.39 is 97.5 Å². The summed E-state index contributed by atoms with van der Waals surface area (Å²) in [5, 5.41) is 10.7. The van der Waals surface area contributed by atoms with E-state index in [0.29, 0.717) is 32.1 Å². The molecule has 19 heteroatoms. The molecule has 0 spiro atoms. The van der Waals surface area contributed by atoms with Crippen LogP contribution in [-0.2, 0) is 65.4 Å². The van der Waals surface area contributed by atoms with Gasteiger partial charge in [-0.15, -0.1) is 0 Å². The number of phosphoric acid groups is 2. The van der Waals surface area contributed by atoms with Crippen LogP contribution in [-0.4, -0.2) is 96.7 Å². The van der Waals surface area contributed by atoms with Gasteiger partial charge in [0.05, 0.1) is 26.4 Å². The molecule has 0 aliphatic heterocycles. The van der Waals surface area contributed by atoms with Crippen LogP contribution in [0.2, 0.25) is 0 Å². The van der Waals surface area contributed by atoms with Crippen LogP contribution in [0.5, 0.6) is 0 Å². The van der Waals surface area contributed by atoms with Crippen LogP contribution in [0.25, 0.3) is 0 Å².